The second-order valence-corrected chi connectivity index (χ2v) is 7.54. The summed E-state index contributed by atoms with van der Waals surface area (Å²) in [6, 6.07) is 13.9. The van der Waals surface area contributed by atoms with Crippen LogP contribution < -0.4 is 10.2 Å². The number of benzene rings is 2. The number of ether oxygens (including phenoxy) is 1. The Bertz CT molecular complexity index is 760. The van der Waals surface area contributed by atoms with Crippen LogP contribution in [0.15, 0.2) is 42.5 Å². The molecular weight excluding hydrogens is 312 g/mol. The maximum absolute atomic E-state index is 12.5. The Morgan fingerprint density at radius 2 is 1.84 bits per heavy atom. The smallest absolute Gasteiger partial charge is 0.265 e. The lowest BCUT2D eigenvalue weighted by atomic mass is 9.87. The molecule has 25 heavy (non-hydrogen) atoms. The van der Waals surface area contributed by atoms with Crippen LogP contribution in [0.25, 0.3) is 0 Å². The van der Waals surface area contributed by atoms with E-state index in [0.717, 1.165) is 18.7 Å². The number of amides is 1. The molecule has 2 aromatic rings. The predicted octanol–water partition coefficient (Wildman–Crippen LogP) is 3.70. The number of carbonyl (C=O) groups is 1. The summed E-state index contributed by atoms with van der Waals surface area (Å²) in [6.07, 6.45) is 0.864. The lowest BCUT2D eigenvalue weighted by Gasteiger charge is -2.30. The normalized spacial score (nSPS) is 14.7. The van der Waals surface area contributed by atoms with Gasteiger partial charge in [-0.15, -0.1) is 0 Å². The standard InChI is InChI=1S/C21H26N2O2/c1-21(2,3)17-10-8-15(9-11-17)20(24)22-23-13-12-18-16(14-23)6-5-7-19(18)25-4/h5-11H,12-14H2,1-4H3,(H,22,24). The zero-order valence-electron chi connectivity index (χ0n) is 15.4. The van der Waals surface area contributed by atoms with Gasteiger partial charge in [-0.1, -0.05) is 45.0 Å². The van der Waals surface area contributed by atoms with Crippen LogP contribution in [-0.4, -0.2) is 24.6 Å². The summed E-state index contributed by atoms with van der Waals surface area (Å²) in [6.45, 7) is 7.97. The highest BCUT2D eigenvalue weighted by Crippen LogP contribution is 2.27. The summed E-state index contributed by atoms with van der Waals surface area (Å²) in [5, 5.41) is 1.97. The molecular formula is C21H26N2O2. The van der Waals surface area contributed by atoms with E-state index < -0.39 is 0 Å². The van der Waals surface area contributed by atoms with Crippen molar-refractivity contribution in [1.29, 1.82) is 0 Å². The van der Waals surface area contributed by atoms with E-state index in [1.807, 2.05) is 41.4 Å². The molecule has 0 bridgehead atoms. The number of methoxy groups -OCH3 is 1. The molecule has 0 saturated carbocycles. The number of carbonyl (C=O) groups excluding carboxylic acids is 1. The summed E-state index contributed by atoms with van der Waals surface area (Å²) >= 11 is 0. The molecule has 4 heteroatoms. The van der Waals surface area contributed by atoms with Crippen LogP contribution in [0.1, 0.15) is 47.8 Å². The SMILES string of the molecule is COc1cccc2c1CCN(NC(=O)c1ccc(C(C)(C)C)cc1)C2. The third-order valence-corrected chi connectivity index (χ3v) is 4.72. The second-order valence-electron chi connectivity index (χ2n) is 7.54. The zero-order valence-corrected chi connectivity index (χ0v) is 15.4. The second kappa shape index (κ2) is 6.89. The summed E-state index contributed by atoms with van der Waals surface area (Å²) in [5.41, 5.74) is 7.47. The van der Waals surface area contributed by atoms with E-state index >= 15 is 0 Å². The molecule has 0 saturated heterocycles. The minimum Gasteiger partial charge on any atom is -0.496 e. The summed E-state index contributed by atoms with van der Waals surface area (Å²) in [7, 11) is 1.70. The zero-order chi connectivity index (χ0) is 18.0. The van der Waals surface area contributed by atoms with E-state index in [0.29, 0.717) is 12.1 Å². The van der Waals surface area contributed by atoms with Crippen LogP contribution in [-0.2, 0) is 18.4 Å². The van der Waals surface area contributed by atoms with Gasteiger partial charge in [0.2, 0.25) is 0 Å². The van der Waals surface area contributed by atoms with Crippen LogP contribution in [0.2, 0.25) is 0 Å². The Kier molecular flexibility index (Phi) is 4.82. The van der Waals surface area contributed by atoms with Crippen LogP contribution in [0, 0.1) is 0 Å². The molecule has 0 atom stereocenters. The highest BCUT2D eigenvalue weighted by atomic mass is 16.5. The molecule has 0 aliphatic carbocycles. The van der Waals surface area contributed by atoms with Crippen molar-refractivity contribution in [2.24, 2.45) is 0 Å². The van der Waals surface area contributed by atoms with E-state index in [-0.39, 0.29) is 11.3 Å². The Labute approximate surface area is 149 Å². The topological polar surface area (TPSA) is 41.6 Å². The van der Waals surface area contributed by atoms with Gasteiger partial charge >= 0.3 is 0 Å². The van der Waals surface area contributed by atoms with Gasteiger partial charge in [0, 0.05) is 24.2 Å². The van der Waals surface area contributed by atoms with Crippen LogP contribution in [0.4, 0.5) is 0 Å². The first kappa shape index (κ1) is 17.5. The predicted molar refractivity (Wildman–Crippen MR) is 99.7 cm³/mol. The first-order valence-corrected chi connectivity index (χ1v) is 8.70. The highest BCUT2D eigenvalue weighted by Gasteiger charge is 2.21. The van der Waals surface area contributed by atoms with Gasteiger partial charge in [0.25, 0.3) is 5.91 Å². The molecule has 3 rings (SSSR count). The van der Waals surface area contributed by atoms with Crippen molar-refractivity contribution in [1.82, 2.24) is 10.4 Å². The minimum atomic E-state index is -0.0631. The number of hydrazine groups is 1. The van der Waals surface area contributed by atoms with Gasteiger partial charge in [0.05, 0.1) is 7.11 Å². The van der Waals surface area contributed by atoms with Gasteiger partial charge in [-0.3, -0.25) is 10.2 Å². The largest absolute Gasteiger partial charge is 0.496 e. The highest BCUT2D eigenvalue weighted by molar-refractivity contribution is 5.93. The molecule has 0 radical (unpaired) electrons. The number of rotatable bonds is 3. The van der Waals surface area contributed by atoms with Crippen LogP contribution >= 0.6 is 0 Å². The van der Waals surface area contributed by atoms with Crippen LogP contribution in [0.3, 0.4) is 0 Å². The molecule has 0 unspecified atom stereocenters. The fourth-order valence-corrected chi connectivity index (χ4v) is 3.19. The molecule has 1 amide bonds. The number of nitrogens with one attached hydrogen (secondary N) is 1. The van der Waals surface area contributed by atoms with E-state index in [9.17, 15) is 4.79 Å². The number of nitrogens with zero attached hydrogens (tertiary/aromatic N) is 1. The van der Waals surface area contributed by atoms with Gasteiger partial charge < -0.3 is 4.74 Å². The lowest BCUT2D eigenvalue weighted by Crippen LogP contribution is -2.45. The van der Waals surface area contributed by atoms with E-state index in [2.05, 4.69) is 32.3 Å². The van der Waals surface area contributed by atoms with Crippen molar-refractivity contribution in [2.45, 2.75) is 39.2 Å². The first-order valence-electron chi connectivity index (χ1n) is 8.70. The number of hydrogen-bond acceptors (Lipinski definition) is 3. The minimum absolute atomic E-state index is 0.0631. The summed E-state index contributed by atoms with van der Waals surface area (Å²) in [5.74, 6) is 0.869. The fraction of sp³-hybridized carbons (Fsp3) is 0.381. The van der Waals surface area contributed by atoms with Crippen LogP contribution in [0.5, 0.6) is 5.75 Å². The van der Waals surface area contributed by atoms with Crippen molar-refractivity contribution < 1.29 is 9.53 Å². The van der Waals surface area contributed by atoms with Gasteiger partial charge in [-0.2, -0.15) is 0 Å². The van der Waals surface area contributed by atoms with E-state index in [1.165, 1.54) is 16.7 Å². The monoisotopic (exact) mass is 338 g/mol. The summed E-state index contributed by atoms with van der Waals surface area (Å²) in [4.78, 5) is 12.5. The number of hydrogen-bond donors (Lipinski definition) is 1. The lowest BCUT2D eigenvalue weighted by molar-refractivity contribution is 0.0763. The molecule has 132 valence electrons. The van der Waals surface area contributed by atoms with Gasteiger partial charge in [-0.25, -0.2) is 5.01 Å². The molecule has 1 aliphatic rings. The molecule has 1 N–H and O–H groups in total. The fourth-order valence-electron chi connectivity index (χ4n) is 3.19. The van der Waals surface area contributed by atoms with Crippen molar-refractivity contribution in [2.75, 3.05) is 13.7 Å². The van der Waals surface area contributed by atoms with E-state index in [1.54, 1.807) is 7.11 Å². The molecule has 0 aromatic heterocycles. The molecule has 2 aromatic carbocycles. The van der Waals surface area contributed by atoms with Crippen molar-refractivity contribution >= 4 is 5.91 Å². The van der Waals surface area contributed by atoms with Gasteiger partial charge in [0.1, 0.15) is 5.75 Å². The van der Waals surface area contributed by atoms with Crippen molar-refractivity contribution in [3.8, 4) is 5.75 Å². The maximum atomic E-state index is 12.5. The van der Waals surface area contributed by atoms with Crippen molar-refractivity contribution in [3.05, 3.63) is 64.7 Å². The average molecular weight is 338 g/mol. The molecule has 1 heterocycles. The summed E-state index contributed by atoms with van der Waals surface area (Å²) < 4.78 is 5.43. The van der Waals surface area contributed by atoms with Gasteiger partial charge in [-0.05, 0) is 41.2 Å². The Morgan fingerprint density at radius 3 is 2.48 bits per heavy atom. The van der Waals surface area contributed by atoms with E-state index in [4.69, 9.17) is 4.74 Å². The average Bonchev–Trinajstić information content (AvgIpc) is 2.60. The Morgan fingerprint density at radius 1 is 1.12 bits per heavy atom. The first-order chi connectivity index (χ1) is 11.9. The van der Waals surface area contributed by atoms with Crippen molar-refractivity contribution in [3.63, 3.8) is 0 Å². The molecule has 1 aliphatic heterocycles. The maximum Gasteiger partial charge on any atom is 0.265 e. The Hall–Kier alpha value is -2.33. The third-order valence-electron chi connectivity index (χ3n) is 4.72. The Balaban J connectivity index is 1.68. The molecule has 0 spiro atoms. The molecule has 0 fully saturated rings. The quantitative estimate of drug-likeness (QED) is 0.928. The third kappa shape index (κ3) is 3.85. The molecule has 4 nitrogen and oxygen atoms in total. The van der Waals surface area contributed by atoms with Gasteiger partial charge in [0.15, 0.2) is 0 Å². The number of fused-ring (bicyclic) bond motifs is 1.